The molecule has 0 atom stereocenters. The molecule has 0 aliphatic carbocycles. The molecule has 0 N–H and O–H groups in total. The van der Waals surface area contributed by atoms with Crippen molar-refractivity contribution in [2.45, 2.75) is 20.3 Å². The van der Waals surface area contributed by atoms with Gasteiger partial charge >= 0.3 is 0 Å². The summed E-state index contributed by atoms with van der Waals surface area (Å²) < 4.78 is 0. The molecule has 94 valence electrons. The molecule has 0 saturated heterocycles. The Kier molecular flexibility index (Phi) is 4.10. The summed E-state index contributed by atoms with van der Waals surface area (Å²) in [6, 6.07) is 5.20. The summed E-state index contributed by atoms with van der Waals surface area (Å²) in [7, 11) is 0. The summed E-state index contributed by atoms with van der Waals surface area (Å²) in [5.41, 5.74) is 2.61. The van der Waals surface area contributed by atoms with E-state index in [0.717, 1.165) is 23.2 Å². The van der Waals surface area contributed by atoms with Crippen molar-refractivity contribution < 1.29 is 0 Å². The summed E-state index contributed by atoms with van der Waals surface area (Å²) >= 11 is 18.1. The van der Waals surface area contributed by atoms with Crippen LogP contribution in [0.2, 0.25) is 15.2 Å². The van der Waals surface area contributed by atoms with Gasteiger partial charge in [0, 0.05) is 26.9 Å². The van der Waals surface area contributed by atoms with Crippen LogP contribution in [0.3, 0.4) is 0 Å². The molecular weight excluding hydrogens is 291 g/mol. The molecule has 0 aliphatic rings. The molecule has 0 saturated carbocycles. The molecule has 2 aromatic rings. The molecule has 2 rings (SSSR count). The van der Waals surface area contributed by atoms with Crippen LogP contribution in [-0.2, 0) is 6.42 Å². The van der Waals surface area contributed by atoms with Crippen LogP contribution < -0.4 is 0 Å². The van der Waals surface area contributed by atoms with E-state index in [4.69, 9.17) is 34.8 Å². The van der Waals surface area contributed by atoms with Crippen molar-refractivity contribution in [2.75, 3.05) is 0 Å². The van der Waals surface area contributed by atoms with E-state index in [2.05, 4.69) is 9.97 Å². The highest BCUT2D eigenvalue weighted by Gasteiger charge is 2.11. The lowest BCUT2D eigenvalue weighted by molar-refractivity contribution is 1.00. The number of halogens is 3. The molecular formula is C13H11Cl3N2. The molecule has 2 nitrogen and oxygen atoms in total. The zero-order chi connectivity index (χ0) is 13.3. The normalized spacial score (nSPS) is 10.7. The van der Waals surface area contributed by atoms with Crippen LogP contribution in [-0.4, -0.2) is 9.97 Å². The molecule has 0 amide bonds. The van der Waals surface area contributed by atoms with Gasteiger partial charge < -0.3 is 0 Å². The first kappa shape index (κ1) is 13.6. The van der Waals surface area contributed by atoms with Gasteiger partial charge in [-0.05, 0) is 31.5 Å². The highest BCUT2D eigenvalue weighted by atomic mass is 35.5. The van der Waals surface area contributed by atoms with Gasteiger partial charge in [0.15, 0.2) is 5.82 Å². The molecule has 1 aromatic heterocycles. The topological polar surface area (TPSA) is 25.8 Å². The average Bonchev–Trinajstić information content (AvgIpc) is 2.27. The van der Waals surface area contributed by atoms with E-state index in [1.807, 2.05) is 13.8 Å². The lowest BCUT2D eigenvalue weighted by atomic mass is 10.1. The van der Waals surface area contributed by atoms with Crippen LogP contribution in [0.1, 0.15) is 18.2 Å². The molecule has 0 fully saturated rings. The van der Waals surface area contributed by atoms with E-state index in [-0.39, 0.29) is 0 Å². The largest absolute Gasteiger partial charge is 0.233 e. The predicted molar refractivity (Wildman–Crippen MR) is 76.6 cm³/mol. The van der Waals surface area contributed by atoms with Crippen LogP contribution in [0.25, 0.3) is 11.4 Å². The second kappa shape index (κ2) is 5.43. The van der Waals surface area contributed by atoms with Crippen molar-refractivity contribution in [3.63, 3.8) is 0 Å². The maximum atomic E-state index is 6.15. The number of nitrogens with zero attached hydrogens (tertiary/aromatic N) is 2. The highest BCUT2D eigenvalue weighted by molar-refractivity contribution is 6.35. The number of aromatic nitrogens is 2. The van der Waals surface area contributed by atoms with Gasteiger partial charge in [0.05, 0.1) is 0 Å². The van der Waals surface area contributed by atoms with E-state index < -0.39 is 0 Å². The second-order valence-corrected chi connectivity index (χ2v) is 5.14. The number of aryl methyl sites for hydroxylation is 1. The van der Waals surface area contributed by atoms with Crippen molar-refractivity contribution in [3.05, 3.63) is 44.7 Å². The minimum absolute atomic E-state index is 0.482. The Balaban J connectivity index is 2.58. The zero-order valence-electron chi connectivity index (χ0n) is 9.97. The van der Waals surface area contributed by atoms with Crippen LogP contribution >= 0.6 is 34.8 Å². The molecule has 0 aliphatic heterocycles. The first-order chi connectivity index (χ1) is 8.51. The van der Waals surface area contributed by atoms with Gasteiger partial charge in [-0.15, -0.1) is 0 Å². The third-order valence-electron chi connectivity index (χ3n) is 2.64. The monoisotopic (exact) mass is 300 g/mol. The second-order valence-electron chi connectivity index (χ2n) is 3.91. The third kappa shape index (κ3) is 2.77. The fourth-order valence-corrected chi connectivity index (χ4v) is 2.65. The number of hydrogen-bond donors (Lipinski definition) is 0. The summed E-state index contributed by atoms with van der Waals surface area (Å²) in [4.78, 5) is 8.74. The Labute approximate surface area is 121 Å². The maximum Gasteiger partial charge on any atom is 0.161 e. The lowest BCUT2D eigenvalue weighted by Crippen LogP contribution is -1.99. The lowest BCUT2D eigenvalue weighted by Gasteiger charge is -2.08. The molecule has 0 radical (unpaired) electrons. The fraction of sp³-hybridized carbons (Fsp3) is 0.231. The molecule has 18 heavy (non-hydrogen) atoms. The quantitative estimate of drug-likeness (QED) is 0.731. The van der Waals surface area contributed by atoms with Gasteiger partial charge in [0.1, 0.15) is 5.15 Å². The Hall–Kier alpha value is -0.830. The Morgan fingerprint density at radius 1 is 1.00 bits per heavy atom. The average molecular weight is 302 g/mol. The summed E-state index contributed by atoms with van der Waals surface area (Å²) in [5, 5.41) is 1.58. The summed E-state index contributed by atoms with van der Waals surface area (Å²) in [6.07, 6.45) is 0.807. The van der Waals surface area contributed by atoms with Gasteiger partial charge in [0.2, 0.25) is 0 Å². The maximum absolute atomic E-state index is 6.15. The summed E-state index contributed by atoms with van der Waals surface area (Å²) in [6.45, 7) is 3.94. The fourth-order valence-electron chi connectivity index (χ4n) is 1.77. The molecule has 1 aromatic carbocycles. The van der Waals surface area contributed by atoms with Gasteiger partial charge in [-0.25, -0.2) is 9.97 Å². The van der Waals surface area contributed by atoms with Crippen molar-refractivity contribution in [1.82, 2.24) is 9.97 Å². The van der Waals surface area contributed by atoms with Crippen LogP contribution in [0.5, 0.6) is 0 Å². The third-order valence-corrected chi connectivity index (χ3v) is 3.39. The van der Waals surface area contributed by atoms with Gasteiger partial charge in [-0.1, -0.05) is 41.7 Å². The van der Waals surface area contributed by atoms with E-state index >= 15 is 0 Å². The Morgan fingerprint density at radius 2 is 1.61 bits per heavy atom. The van der Waals surface area contributed by atoms with Gasteiger partial charge in [0.25, 0.3) is 0 Å². The molecule has 1 heterocycles. The van der Waals surface area contributed by atoms with Crippen molar-refractivity contribution in [2.24, 2.45) is 0 Å². The predicted octanol–water partition coefficient (Wildman–Crippen LogP) is 4.97. The Morgan fingerprint density at radius 3 is 2.11 bits per heavy atom. The standard InChI is InChI=1S/C13H11Cl3N2/c1-3-11-7(2)17-13(18-12(11)16)8-4-9(14)6-10(15)5-8/h4-6H,3H2,1-2H3. The van der Waals surface area contributed by atoms with Crippen molar-refractivity contribution >= 4 is 34.8 Å². The summed E-state index contributed by atoms with van der Waals surface area (Å²) in [5.74, 6) is 0.541. The van der Waals surface area contributed by atoms with Crippen molar-refractivity contribution in [1.29, 1.82) is 0 Å². The first-order valence-electron chi connectivity index (χ1n) is 5.50. The van der Waals surface area contributed by atoms with Crippen LogP contribution in [0, 0.1) is 6.92 Å². The SMILES string of the molecule is CCc1c(C)nc(-c2cc(Cl)cc(Cl)c2)nc1Cl. The van der Waals surface area contributed by atoms with E-state index in [1.165, 1.54) is 0 Å². The molecule has 0 unspecified atom stereocenters. The number of rotatable bonds is 2. The van der Waals surface area contributed by atoms with E-state index in [0.29, 0.717) is 21.0 Å². The first-order valence-corrected chi connectivity index (χ1v) is 6.64. The van der Waals surface area contributed by atoms with Gasteiger partial charge in [-0.2, -0.15) is 0 Å². The van der Waals surface area contributed by atoms with Crippen LogP contribution in [0.4, 0.5) is 0 Å². The Bertz CT molecular complexity index is 554. The highest BCUT2D eigenvalue weighted by Crippen LogP contribution is 2.27. The minimum atomic E-state index is 0.482. The number of hydrogen-bond acceptors (Lipinski definition) is 2. The van der Waals surface area contributed by atoms with E-state index in [9.17, 15) is 0 Å². The van der Waals surface area contributed by atoms with Crippen LogP contribution in [0.15, 0.2) is 18.2 Å². The smallest absolute Gasteiger partial charge is 0.161 e. The van der Waals surface area contributed by atoms with E-state index in [1.54, 1.807) is 18.2 Å². The molecule has 0 spiro atoms. The van der Waals surface area contributed by atoms with Gasteiger partial charge in [-0.3, -0.25) is 0 Å². The number of benzene rings is 1. The van der Waals surface area contributed by atoms with Crippen molar-refractivity contribution in [3.8, 4) is 11.4 Å². The zero-order valence-corrected chi connectivity index (χ0v) is 12.2. The minimum Gasteiger partial charge on any atom is -0.233 e. The molecule has 5 heteroatoms. The molecule has 0 bridgehead atoms.